The molecule has 1 aliphatic rings. The molecule has 5 heteroatoms. The van der Waals surface area contributed by atoms with Gasteiger partial charge >= 0.3 is 0 Å². The van der Waals surface area contributed by atoms with Crippen molar-refractivity contribution in [2.45, 2.75) is 25.8 Å². The van der Waals surface area contributed by atoms with Gasteiger partial charge in [-0.25, -0.2) is 0 Å². The Hall–Kier alpha value is -2.14. The number of rotatable bonds is 5. The zero-order valence-electron chi connectivity index (χ0n) is 14.0. The van der Waals surface area contributed by atoms with Crippen LogP contribution in [0.2, 0.25) is 0 Å². The smallest absolute Gasteiger partial charge is 0.220 e. The van der Waals surface area contributed by atoms with E-state index in [-0.39, 0.29) is 0 Å². The lowest BCUT2D eigenvalue weighted by Gasteiger charge is -2.24. The van der Waals surface area contributed by atoms with Gasteiger partial charge in [0, 0.05) is 11.6 Å². The summed E-state index contributed by atoms with van der Waals surface area (Å²) in [6.07, 6.45) is 2.58. The first kappa shape index (κ1) is 15.7. The van der Waals surface area contributed by atoms with E-state index in [1.165, 1.54) is 31.5 Å². The average Bonchev–Trinajstić information content (AvgIpc) is 3.15. The normalized spacial score (nSPS) is 16.3. The highest BCUT2D eigenvalue weighted by molar-refractivity contribution is 5.57. The zero-order chi connectivity index (χ0) is 16.2. The van der Waals surface area contributed by atoms with Crippen molar-refractivity contribution in [3.63, 3.8) is 0 Å². The minimum atomic E-state index is 0.407. The van der Waals surface area contributed by atoms with Crippen molar-refractivity contribution in [2.24, 2.45) is 0 Å². The molecular weight excluding hydrogens is 290 g/mol. The molecule has 0 amide bonds. The third-order valence-electron chi connectivity index (χ3n) is 4.41. The van der Waals surface area contributed by atoms with Crippen LogP contribution in [-0.4, -0.2) is 42.2 Å². The lowest BCUT2D eigenvalue weighted by atomic mass is 10.0. The first-order valence-corrected chi connectivity index (χ1v) is 8.02. The van der Waals surface area contributed by atoms with E-state index >= 15 is 0 Å². The Morgan fingerprint density at radius 3 is 2.26 bits per heavy atom. The molecule has 5 nitrogen and oxygen atoms in total. The Morgan fingerprint density at radius 2 is 1.65 bits per heavy atom. The largest absolute Gasteiger partial charge is 0.481 e. The van der Waals surface area contributed by atoms with Crippen LogP contribution in [0, 0.1) is 0 Å². The van der Waals surface area contributed by atoms with Crippen LogP contribution in [-0.2, 0) is 0 Å². The number of nitrogens with zero attached hydrogens (tertiary/aromatic N) is 3. The molecule has 0 spiro atoms. The lowest BCUT2D eigenvalue weighted by molar-refractivity contribution is 0.263. The van der Waals surface area contributed by atoms with Crippen molar-refractivity contribution in [3.05, 3.63) is 35.9 Å². The summed E-state index contributed by atoms with van der Waals surface area (Å²) in [6.45, 7) is 4.61. The first-order chi connectivity index (χ1) is 11.2. The van der Waals surface area contributed by atoms with E-state index in [0.717, 1.165) is 5.56 Å². The van der Waals surface area contributed by atoms with Gasteiger partial charge in [-0.15, -0.1) is 0 Å². The zero-order valence-corrected chi connectivity index (χ0v) is 14.0. The Bertz CT molecular complexity index is 647. The predicted molar refractivity (Wildman–Crippen MR) is 89.8 cm³/mol. The maximum Gasteiger partial charge on any atom is 0.220 e. The van der Waals surface area contributed by atoms with Gasteiger partial charge in [-0.3, -0.25) is 4.90 Å². The number of ether oxygens (including phenoxy) is 2. The molecule has 1 saturated heterocycles. The number of likely N-dealkylation sites (tertiary alicyclic amines) is 1. The molecule has 1 atom stereocenters. The molecule has 0 unspecified atom stereocenters. The van der Waals surface area contributed by atoms with Gasteiger partial charge in [0.05, 0.1) is 20.3 Å². The predicted octanol–water partition coefficient (Wildman–Crippen LogP) is 3.32. The Kier molecular flexibility index (Phi) is 4.76. The summed E-state index contributed by atoms with van der Waals surface area (Å²) in [4.78, 5) is 11.4. The van der Waals surface area contributed by atoms with Crippen LogP contribution < -0.4 is 9.47 Å². The van der Waals surface area contributed by atoms with E-state index < -0.39 is 0 Å². The van der Waals surface area contributed by atoms with Crippen molar-refractivity contribution < 1.29 is 9.47 Å². The van der Waals surface area contributed by atoms with Crippen molar-refractivity contribution in [1.82, 2.24) is 14.9 Å². The highest BCUT2D eigenvalue weighted by atomic mass is 16.5. The highest BCUT2D eigenvalue weighted by Gasteiger charge is 2.20. The van der Waals surface area contributed by atoms with Gasteiger partial charge in [0.25, 0.3) is 0 Å². The van der Waals surface area contributed by atoms with Gasteiger partial charge in [0.2, 0.25) is 11.8 Å². The monoisotopic (exact) mass is 313 g/mol. The molecule has 2 heterocycles. The summed E-state index contributed by atoms with van der Waals surface area (Å²) in [6, 6.07) is 10.5. The summed E-state index contributed by atoms with van der Waals surface area (Å²) >= 11 is 0. The lowest BCUT2D eigenvalue weighted by Crippen LogP contribution is -2.23. The van der Waals surface area contributed by atoms with E-state index in [2.05, 4.69) is 40.0 Å². The molecule has 1 aliphatic heterocycles. The fourth-order valence-electron chi connectivity index (χ4n) is 3.02. The number of benzene rings is 1. The number of hydrogen-bond donors (Lipinski definition) is 0. The van der Waals surface area contributed by atoms with Crippen LogP contribution in [0.5, 0.6) is 11.8 Å². The molecule has 0 saturated carbocycles. The Morgan fingerprint density at radius 1 is 1.00 bits per heavy atom. The maximum absolute atomic E-state index is 5.24. The molecule has 1 aromatic heterocycles. The van der Waals surface area contributed by atoms with Crippen molar-refractivity contribution in [1.29, 1.82) is 0 Å². The van der Waals surface area contributed by atoms with E-state index in [1.807, 2.05) is 6.07 Å². The van der Waals surface area contributed by atoms with Crippen LogP contribution in [0.25, 0.3) is 11.4 Å². The second-order valence-corrected chi connectivity index (χ2v) is 5.82. The summed E-state index contributed by atoms with van der Waals surface area (Å²) in [5.41, 5.74) is 2.26. The van der Waals surface area contributed by atoms with Crippen molar-refractivity contribution in [3.8, 4) is 23.1 Å². The molecule has 0 radical (unpaired) electrons. The van der Waals surface area contributed by atoms with Crippen LogP contribution in [0.3, 0.4) is 0 Å². The molecule has 0 bridgehead atoms. The molecule has 1 fully saturated rings. The van der Waals surface area contributed by atoms with Gasteiger partial charge in [0.15, 0.2) is 5.82 Å². The molecule has 0 N–H and O–H groups in total. The molecule has 2 aromatic rings. The summed E-state index contributed by atoms with van der Waals surface area (Å²) in [5, 5.41) is 0. The maximum atomic E-state index is 5.24. The minimum Gasteiger partial charge on any atom is -0.481 e. The first-order valence-electron chi connectivity index (χ1n) is 8.02. The Balaban J connectivity index is 1.93. The fourth-order valence-corrected chi connectivity index (χ4v) is 3.02. The number of methoxy groups -OCH3 is 2. The van der Waals surface area contributed by atoms with E-state index in [1.54, 1.807) is 20.3 Å². The standard InChI is InChI=1S/C18H23N3O2/c1-13(21-9-4-5-10-21)14-7-6-8-15(11-14)18-19-16(22-2)12-17(20-18)23-3/h6-8,11-13H,4-5,9-10H2,1-3H3/t13-/m1/s1. The molecule has 1 aromatic carbocycles. The summed E-state index contributed by atoms with van der Waals surface area (Å²) in [7, 11) is 3.19. The summed E-state index contributed by atoms with van der Waals surface area (Å²) < 4.78 is 10.5. The quantitative estimate of drug-likeness (QED) is 0.847. The molecular formula is C18H23N3O2. The van der Waals surface area contributed by atoms with E-state index in [9.17, 15) is 0 Å². The Labute approximate surface area is 137 Å². The molecule has 3 rings (SSSR count). The van der Waals surface area contributed by atoms with Crippen LogP contribution >= 0.6 is 0 Å². The molecule has 122 valence electrons. The van der Waals surface area contributed by atoms with E-state index in [4.69, 9.17) is 9.47 Å². The van der Waals surface area contributed by atoms with Crippen LogP contribution in [0.4, 0.5) is 0 Å². The van der Waals surface area contributed by atoms with Gasteiger partial charge in [-0.2, -0.15) is 9.97 Å². The van der Waals surface area contributed by atoms with Gasteiger partial charge in [-0.1, -0.05) is 18.2 Å². The van der Waals surface area contributed by atoms with Crippen molar-refractivity contribution in [2.75, 3.05) is 27.3 Å². The third-order valence-corrected chi connectivity index (χ3v) is 4.41. The second-order valence-electron chi connectivity index (χ2n) is 5.82. The number of aromatic nitrogens is 2. The van der Waals surface area contributed by atoms with Gasteiger partial charge < -0.3 is 9.47 Å². The van der Waals surface area contributed by atoms with Gasteiger partial charge in [0.1, 0.15) is 0 Å². The molecule has 23 heavy (non-hydrogen) atoms. The fraction of sp³-hybridized carbons (Fsp3) is 0.444. The molecule has 0 aliphatic carbocycles. The van der Waals surface area contributed by atoms with E-state index in [0.29, 0.717) is 23.6 Å². The van der Waals surface area contributed by atoms with Crippen LogP contribution in [0.1, 0.15) is 31.4 Å². The summed E-state index contributed by atoms with van der Waals surface area (Å²) in [5.74, 6) is 1.63. The minimum absolute atomic E-state index is 0.407. The topological polar surface area (TPSA) is 47.5 Å². The van der Waals surface area contributed by atoms with Crippen LogP contribution in [0.15, 0.2) is 30.3 Å². The van der Waals surface area contributed by atoms with Gasteiger partial charge in [-0.05, 0) is 44.5 Å². The second kappa shape index (κ2) is 6.96. The average molecular weight is 313 g/mol. The van der Waals surface area contributed by atoms with Crippen molar-refractivity contribution >= 4 is 0 Å². The SMILES string of the molecule is COc1cc(OC)nc(-c2cccc([C@@H](C)N3CCCC3)c2)n1. The third kappa shape index (κ3) is 3.45. The number of hydrogen-bond acceptors (Lipinski definition) is 5. The highest BCUT2D eigenvalue weighted by Crippen LogP contribution is 2.28.